The van der Waals surface area contributed by atoms with Gasteiger partial charge >= 0.3 is 0 Å². The molecule has 1 aliphatic rings. The van der Waals surface area contributed by atoms with E-state index in [4.69, 9.17) is 0 Å². The summed E-state index contributed by atoms with van der Waals surface area (Å²) >= 11 is 0. The third kappa shape index (κ3) is 2.60. The summed E-state index contributed by atoms with van der Waals surface area (Å²) in [5.41, 5.74) is 0.843. The van der Waals surface area contributed by atoms with Gasteiger partial charge in [-0.3, -0.25) is 4.79 Å². The van der Waals surface area contributed by atoms with Crippen molar-refractivity contribution >= 4 is 5.78 Å². The average molecular weight is 195 g/mol. The molecule has 0 bridgehead atoms. The van der Waals surface area contributed by atoms with Gasteiger partial charge in [-0.05, 0) is 19.3 Å². The maximum atomic E-state index is 12.1. The molecule has 0 amide bonds. The van der Waals surface area contributed by atoms with Gasteiger partial charge in [-0.1, -0.05) is 20.3 Å². The zero-order valence-electron chi connectivity index (χ0n) is 9.76. The third-order valence-electron chi connectivity index (χ3n) is 2.82. The molecule has 2 heteroatoms. The number of rotatable bonds is 1. The number of carbonyl (C=O) groups excluding carboxylic acids is 1. The van der Waals surface area contributed by atoms with Crippen molar-refractivity contribution in [1.82, 2.24) is 4.90 Å². The Balaban J connectivity index is 2.90. The first-order chi connectivity index (χ1) is 6.43. The fourth-order valence-corrected chi connectivity index (χ4v) is 1.98. The van der Waals surface area contributed by atoms with Crippen molar-refractivity contribution in [3.8, 4) is 0 Å². The molecule has 0 N–H and O–H groups in total. The minimum atomic E-state index is -0.154. The zero-order chi connectivity index (χ0) is 10.8. The van der Waals surface area contributed by atoms with Crippen LogP contribution in [0, 0.1) is 5.41 Å². The van der Waals surface area contributed by atoms with E-state index >= 15 is 0 Å². The Labute approximate surface area is 87.0 Å². The molecular weight excluding hydrogens is 174 g/mol. The van der Waals surface area contributed by atoms with Crippen LogP contribution in [0.25, 0.3) is 0 Å². The molecule has 0 atom stereocenters. The smallest absolute Gasteiger partial charge is 0.165 e. The summed E-state index contributed by atoms with van der Waals surface area (Å²) in [4.78, 5) is 14.1. The van der Waals surface area contributed by atoms with Crippen LogP contribution >= 0.6 is 0 Å². The lowest BCUT2D eigenvalue weighted by Gasteiger charge is -2.21. The molecule has 80 valence electrons. The third-order valence-corrected chi connectivity index (χ3v) is 2.82. The maximum Gasteiger partial charge on any atom is 0.165 e. The highest BCUT2D eigenvalue weighted by Gasteiger charge is 2.31. The molecule has 2 nitrogen and oxygen atoms in total. The van der Waals surface area contributed by atoms with E-state index in [0.29, 0.717) is 5.78 Å². The van der Waals surface area contributed by atoms with Crippen molar-refractivity contribution in [3.05, 3.63) is 11.8 Å². The Kier molecular flexibility index (Phi) is 3.35. The molecule has 1 saturated carbocycles. The van der Waals surface area contributed by atoms with Gasteiger partial charge in [0.05, 0.1) is 0 Å². The van der Waals surface area contributed by atoms with Gasteiger partial charge in [0.2, 0.25) is 0 Å². The quantitative estimate of drug-likeness (QED) is 0.473. The summed E-state index contributed by atoms with van der Waals surface area (Å²) in [6, 6.07) is 0. The van der Waals surface area contributed by atoms with Crippen LogP contribution in [0.3, 0.4) is 0 Å². The van der Waals surface area contributed by atoms with Crippen LogP contribution in [0.2, 0.25) is 0 Å². The number of hydrogen-bond donors (Lipinski definition) is 0. The summed E-state index contributed by atoms with van der Waals surface area (Å²) in [7, 11) is 3.94. The zero-order valence-corrected chi connectivity index (χ0v) is 9.76. The molecule has 0 aromatic heterocycles. The molecule has 0 aromatic carbocycles. The Morgan fingerprint density at radius 3 is 2.50 bits per heavy atom. The lowest BCUT2D eigenvalue weighted by molar-refractivity contribution is -0.123. The predicted molar refractivity (Wildman–Crippen MR) is 59.0 cm³/mol. The SMILES string of the molecule is CN(C)/C=C1\CCCCC(C)(C)C1=O. The number of allylic oxidation sites excluding steroid dienone is 1. The summed E-state index contributed by atoms with van der Waals surface area (Å²) in [5, 5.41) is 0. The van der Waals surface area contributed by atoms with Crippen molar-refractivity contribution in [2.75, 3.05) is 14.1 Å². The molecule has 0 radical (unpaired) electrons. The largest absolute Gasteiger partial charge is 0.383 e. The topological polar surface area (TPSA) is 20.3 Å². The number of hydrogen-bond acceptors (Lipinski definition) is 2. The van der Waals surface area contributed by atoms with Crippen LogP contribution in [-0.4, -0.2) is 24.8 Å². The molecule has 0 aliphatic heterocycles. The molecule has 1 fully saturated rings. The Morgan fingerprint density at radius 1 is 1.29 bits per heavy atom. The van der Waals surface area contributed by atoms with Gasteiger partial charge in [-0.2, -0.15) is 0 Å². The Bertz CT molecular complexity index is 251. The Hall–Kier alpha value is -0.790. The van der Waals surface area contributed by atoms with Gasteiger partial charge in [-0.25, -0.2) is 0 Å². The number of ketones is 1. The van der Waals surface area contributed by atoms with Gasteiger partial charge in [0.1, 0.15) is 0 Å². The lowest BCUT2D eigenvalue weighted by Crippen LogP contribution is -2.24. The molecule has 14 heavy (non-hydrogen) atoms. The van der Waals surface area contributed by atoms with Gasteiger partial charge in [-0.15, -0.1) is 0 Å². The highest BCUT2D eigenvalue weighted by Crippen LogP contribution is 2.33. The van der Waals surface area contributed by atoms with Crippen LogP contribution in [0.1, 0.15) is 39.5 Å². The first kappa shape index (κ1) is 11.3. The molecule has 0 heterocycles. The van der Waals surface area contributed by atoms with Gasteiger partial charge < -0.3 is 4.90 Å². The molecule has 0 unspecified atom stereocenters. The van der Waals surface area contributed by atoms with Crippen molar-refractivity contribution in [1.29, 1.82) is 0 Å². The molecule has 0 aromatic rings. The standard InChI is InChI=1S/C12H21NO/c1-12(2)8-6-5-7-10(11(12)14)9-13(3)4/h9H,5-8H2,1-4H3/b10-9+. The van der Waals surface area contributed by atoms with Crippen molar-refractivity contribution < 1.29 is 4.79 Å². The van der Waals surface area contributed by atoms with Gasteiger partial charge in [0, 0.05) is 31.3 Å². The van der Waals surface area contributed by atoms with E-state index in [9.17, 15) is 4.79 Å². The van der Waals surface area contributed by atoms with Crippen molar-refractivity contribution in [2.24, 2.45) is 5.41 Å². The van der Waals surface area contributed by atoms with Crippen molar-refractivity contribution in [3.63, 3.8) is 0 Å². The molecule has 1 aliphatic carbocycles. The normalized spacial score (nSPS) is 24.9. The number of Topliss-reactive ketones (excluding diaryl/α,β-unsaturated/α-hetero) is 1. The van der Waals surface area contributed by atoms with E-state index in [1.54, 1.807) is 0 Å². The second-order valence-electron chi connectivity index (χ2n) is 5.04. The maximum absolute atomic E-state index is 12.1. The lowest BCUT2D eigenvalue weighted by atomic mass is 9.82. The van der Waals surface area contributed by atoms with Crippen LogP contribution in [-0.2, 0) is 4.79 Å². The minimum absolute atomic E-state index is 0.154. The van der Waals surface area contributed by atoms with Crippen LogP contribution < -0.4 is 0 Å². The van der Waals surface area contributed by atoms with E-state index in [1.807, 2.05) is 25.2 Å². The summed E-state index contributed by atoms with van der Waals surface area (Å²) in [6.45, 7) is 4.12. The first-order valence-corrected chi connectivity index (χ1v) is 5.35. The van der Waals surface area contributed by atoms with Crippen LogP contribution in [0.4, 0.5) is 0 Å². The fourth-order valence-electron chi connectivity index (χ4n) is 1.98. The van der Waals surface area contributed by atoms with Crippen LogP contribution in [0.15, 0.2) is 11.8 Å². The number of carbonyl (C=O) groups is 1. The summed E-state index contributed by atoms with van der Waals surface area (Å²) < 4.78 is 0. The molecular formula is C12H21NO. The monoisotopic (exact) mass is 195 g/mol. The van der Waals surface area contributed by atoms with Crippen molar-refractivity contribution in [2.45, 2.75) is 39.5 Å². The predicted octanol–water partition coefficient (Wildman–Crippen LogP) is 2.60. The minimum Gasteiger partial charge on any atom is -0.383 e. The van der Waals surface area contributed by atoms with Crippen LogP contribution in [0.5, 0.6) is 0 Å². The average Bonchev–Trinajstić information content (AvgIpc) is 2.17. The van der Waals surface area contributed by atoms with E-state index in [-0.39, 0.29) is 5.41 Å². The first-order valence-electron chi connectivity index (χ1n) is 5.35. The van der Waals surface area contributed by atoms with E-state index in [2.05, 4.69) is 13.8 Å². The van der Waals surface area contributed by atoms with E-state index < -0.39 is 0 Å². The molecule has 0 saturated heterocycles. The molecule has 1 rings (SSSR count). The summed E-state index contributed by atoms with van der Waals surface area (Å²) in [6.07, 6.45) is 6.27. The molecule has 0 spiro atoms. The fraction of sp³-hybridized carbons (Fsp3) is 0.750. The van der Waals surface area contributed by atoms with E-state index in [0.717, 1.165) is 24.8 Å². The highest BCUT2D eigenvalue weighted by atomic mass is 16.1. The van der Waals surface area contributed by atoms with E-state index in [1.165, 1.54) is 6.42 Å². The highest BCUT2D eigenvalue weighted by molar-refractivity contribution is 5.99. The van der Waals surface area contributed by atoms with Gasteiger partial charge in [0.25, 0.3) is 0 Å². The Morgan fingerprint density at radius 2 is 1.93 bits per heavy atom. The number of nitrogens with zero attached hydrogens (tertiary/aromatic N) is 1. The second-order valence-corrected chi connectivity index (χ2v) is 5.04. The summed E-state index contributed by atoms with van der Waals surface area (Å²) in [5.74, 6) is 0.337. The second kappa shape index (κ2) is 4.16. The van der Waals surface area contributed by atoms with Gasteiger partial charge in [0.15, 0.2) is 5.78 Å².